The van der Waals surface area contributed by atoms with Gasteiger partial charge in [0.1, 0.15) is 5.88 Å². The Morgan fingerprint density at radius 2 is 2.00 bits per heavy atom. The summed E-state index contributed by atoms with van der Waals surface area (Å²) in [6.07, 6.45) is 0.159. The SMILES string of the molecule is COC(=O)[C@H](Cc1ccccc1)N(O)C(=O)CCl. The van der Waals surface area contributed by atoms with Gasteiger partial charge < -0.3 is 4.74 Å². The van der Waals surface area contributed by atoms with Gasteiger partial charge in [0.2, 0.25) is 0 Å². The third kappa shape index (κ3) is 3.72. The molecule has 1 rings (SSSR count). The van der Waals surface area contributed by atoms with E-state index in [0.29, 0.717) is 5.06 Å². The predicted molar refractivity (Wildman–Crippen MR) is 65.3 cm³/mol. The second-order valence-electron chi connectivity index (χ2n) is 3.60. The van der Waals surface area contributed by atoms with Crippen molar-refractivity contribution in [2.45, 2.75) is 12.5 Å². The number of alkyl halides is 1. The topological polar surface area (TPSA) is 66.8 Å². The third-order valence-corrected chi connectivity index (χ3v) is 2.64. The molecule has 0 fully saturated rings. The smallest absolute Gasteiger partial charge is 0.331 e. The Labute approximate surface area is 110 Å². The molecular weight excluding hydrogens is 258 g/mol. The summed E-state index contributed by atoms with van der Waals surface area (Å²) in [6.45, 7) is 0. The van der Waals surface area contributed by atoms with E-state index in [4.69, 9.17) is 11.6 Å². The van der Waals surface area contributed by atoms with Crippen LogP contribution in [0.5, 0.6) is 0 Å². The van der Waals surface area contributed by atoms with Gasteiger partial charge in [-0.3, -0.25) is 10.0 Å². The zero-order valence-corrected chi connectivity index (χ0v) is 10.6. The molecule has 0 aliphatic rings. The van der Waals surface area contributed by atoms with Crippen LogP contribution in [-0.4, -0.2) is 41.2 Å². The molecule has 0 aliphatic heterocycles. The minimum absolute atomic E-state index is 0.159. The maximum Gasteiger partial charge on any atom is 0.331 e. The number of methoxy groups -OCH3 is 1. The van der Waals surface area contributed by atoms with E-state index < -0.39 is 23.8 Å². The fourth-order valence-electron chi connectivity index (χ4n) is 1.48. The average molecular weight is 272 g/mol. The molecule has 0 heterocycles. The lowest BCUT2D eigenvalue weighted by molar-refractivity contribution is -0.185. The van der Waals surface area contributed by atoms with Crippen molar-refractivity contribution >= 4 is 23.5 Å². The van der Waals surface area contributed by atoms with Crippen LogP contribution in [-0.2, 0) is 20.7 Å². The molecule has 1 amide bonds. The van der Waals surface area contributed by atoms with Gasteiger partial charge >= 0.3 is 5.97 Å². The second kappa shape index (κ2) is 6.98. The van der Waals surface area contributed by atoms with Crippen molar-refractivity contribution in [2.75, 3.05) is 13.0 Å². The van der Waals surface area contributed by atoms with E-state index >= 15 is 0 Å². The Bertz CT molecular complexity index is 410. The summed E-state index contributed by atoms with van der Waals surface area (Å²) in [7, 11) is 1.19. The lowest BCUT2D eigenvalue weighted by atomic mass is 10.1. The number of ether oxygens (including phenoxy) is 1. The number of rotatable bonds is 5. The normalized spacial score (nSPS) is 11.7. The van der Waals surface area contributed by atoms with Crippen LogP contribution in [0, 0.1) is 0 Å². The molecule has 0 aliphatic carbocycles. The van der Waals surface area contributed by atoms with Crippen molar-refractivity contribution in [3.05, 3.63) is 35.9 Å². The zero-order valence-electron chi connectivity index (χ0n) is 9.88. The van der Waals surface area contributed by atoms with Crippen molar-refractivity contribution in [1.82, 2.24) is 5.06 Å². The lowest BCUT2D eigenvalue weighted by Crippen LogP contribution is -2.45. The highest BCUT2D eigenvalue weighted by molar-refractivity contribution is 6.27. The Morgan fingerprint density at radius 1 is 1.39 bits per heavy atom. The number of nitrogens with zero attached hydrogens (tertiary/aromatic N) is 1. The molecule has 0 unspecified atom stereocenters. The quantitative estimate of drug-likeness (QED) is 0.379. The van der Waals surface area contributed by atoms with Gasteiger partial charge in [0, 0.05) is 6.42 Å². The molecule has 1 atom stereocenters. The predicted octanol–water partition coefficient (Wildman–Crippen LogP) is 1.23. The number of carbonyl (C=O) groups is 2. The van der Waals surface area contributed by atoms with Crippen LogP contribution in [0.4, 0.5) is 0 Å². The first-order chi connectivity index (χ1) is 8.60. The Balaban J connectivity index is 2.86. The summed E-state index contributed by atoms with van der Waals surface area (Å²) in [5, 5.41) is 9.96. The van der Waals surface area contributed by atoms with Gasteiger partial charge in [-0.2, -0.15) is 0 Å². The standard InChI is InChI=1S/C12H14ClNO4/c1-18-12(16)10(14(17)11(15)8-13)7-9-5-3-2-4-6-9/h2-6,10,17H,7-8H2,1H3/t10-/m0/s1. The van der Waals surface area contributed by atoms with E-state index in [-0.39, 0.29) is 6.42 Å². The number of hydroxylamine groups is 2. The Kier molecular flexibility index (Phi) is 5.61. The number of amides is 1. The number of halogens is 1. The van der Waals surface area contributed by atoms with Crippen molar-refractivity contribution < 1.29 is 19.5 Å². The first-order valence-electron chi connectivity index (χ1n) is 5.28. The molecule has 0 radical (unpaired) electrons. The van der Waals surface area contributed by atoms with E-state index in [9.17, 15) is 14.8 Å². The summed E-state index contributed by atoms with van der Waals surface area (Å²) < 4.78 is 4.56. The monoisotopic (exact) mass is 271 g/mol. The third-order valence-electron chi connectivity index (χ3n) is 2.41. The molecule has 0 bridgehead atoms. The van der Waals surface area contributed by atoms with Crippen LogP contribution < -0.4 is 0 Å². The van der Waals surface area contributed by atoms with Crippen LogP contribution in [0.25, 0.3) is 0 Å². The second-order valence-corrected chi connectivity index (χ2v) is 3.87. The van der Waals surface area contributed by atoms with Crippen molar-refractivity contribution in [1.29, 1.82) is 0 Å². The molecule has 1 aromatic carbocycles. The van der Waals surface area contributed by atoms with E-state index in [1.165, 1.54) is 7.11 Å². The summed E-state index contributed by atoms with van der Waals surface area (Å²) in [4.78, 5) is 22.9. The van der Waals surface area contributed by atoms with Gasteiger partial charge in [0.15, 0.2) is 6.04 Å². The van der Waals surface area contributed by atoms with Gasteiger partial charge in [0.05, 0.1) is 7.11 Å². The number of carbonyl (C=O) groups excluding carboxylic acids is 2. The fourth-order valence-corrected chi connectivity index (χ4v) is 1.60. The Morgan fingerprint density at radius 3 is 2.50 bits per heavy atom. The van der Waals surface area contributed by atoms with Gasteiger partial charge in [-0.05, 0) is 5.56 Å². The molecular formula is C12H14ClNO4. The van der Waals surface area contributed by atoms with Crippen LogP contribution in [0.15, 0.2) is 30.3 Å². The first kappa shape index (κ1) is 14.5. The maximum absolute atomic E-state index is 11.6. The van der Waals surface area contributed by atoms with Crippen molar-refractivity contribution in [3.8, 4) is 0 Å². The molecule has 0 spiro atoms. The van der Waals surface area contributed by atoms with E-state index in [1.807, 2.05) is 6.07 Å². The van der Waals surface area contributed by atoms with Gasteiger partial charge in [-0.25, -0.2) is 9.86 Å². The van der Waals surface area contributed by atoms with E-state index in [0.717, 1.165) is 5.56 Å². The number of esters is 1. The number of hydrogen-bond acceptors (Lipinski definition) is 4. The first-order valence-corrected chi connectivity index (χ1v) is 5.82. The van der Waals surface area contributed by atoms with Crippen molar-refractivity contribution in [2.24, 2.45) is 0 Å². The van der Waals surface area contributed by atoms with E-state index in [1.54, 1.807) is 24.3 Å². The molecule has 98 valence electrons. The minimum atomic E-state index is -1.09. The van der Waals surface area contributed by atoms with E-state index in [2.05, 4.69) is 4.74 Å². The highest BCUT2D eigenvalue weighted by Crippen LogP contribution is 2.10. The summed E-state index contributed by atoms with van der Waals surface area (Å²) >= 11 is 5.34. The van der Waals surface area contributed by atoms with Gasteiger partial charge in [-0.1, -0.05) is 30.3 Å². The number of benzene rings is 1. The lowest BCUT2D eigenvalue weighted by Gasteiger charge is -2.23. The molecule has 0 saturated heterocycles. The average Bonchev–Trinajstić information content (AvgIpc) is 2.43. The summed E-state index contributed by atoms with van der Waals surface area (Å²) in [5.41, 5.74) is 0.800. The van der Waals surface area contributed by atoms with Gasteiger partial charge in [-0.15, -0.1) is 11.6 Å². The minimum Gasteiger partial charge on any atom is -0.467 e. The molecule has 0 aromatic heterocycles. The van der Waals surface area contributed by atoms with Crippen LogP contribution >= 0.6 is 11.6 Å². The summed E-state index contributed by atoms with van der Waals surface area (Å²) in [6, 6.07) is 7.91. The molecule has 6 heteroatoms. The van der Waals surface area contributed by atoms with Crippen LogP contribution in [0.3, 0.4) is 0 Å². The van der Waals surface area contributed by atoms with Gasteiger partial charge in [0.25, 0.3) is 5.91 Å². The highest BCUT2D eigenvalue weighted by atomic mass is 35.5. The molecule has 0 saturated carbocycles. The molecule has 5 nitrogen and oxygen atoms in total. The van der Waals surface area contributed by atoms with Crippen molar-refractivity contribution in [3.63, 3.8) is 0 Å². The maximum atomic E-state index is 11.6. The largest absolute Gasteiger partial charge is 0.467 e. The number of hydrogen-bond donors (Lipinski definition) is 1. The zero-order chi connectivity index (χ0) is 13.5. The Hall–Kier alpha value is -1.59. The summed E-state index contributed by atoms with van der Waals surface area (Å²) in [5.74, 6) is -1.85. The molecule has 1 N–H and O–H groups in total. The molecule has 18 heavy (non-hydrogen) atoms. The fraction of sp³-hybridized carbons (Fsp3) is 0.333. The highest BCUT2D eigenvalue weighted by Gasteiger charge is 2.29. The van der Waals surface area contributed by atoms with Crippen LogP contribution in [0.2, 0.25) is 0 Å². The van der Waals surface area contributed by atoms with Crippen LogP contribution in [0.1, 0.15) is 5.56 Å². The molecule has 1 aromatic rings.